The summed E-state index contributed by atoms with van der Waals surface area (Å²) >= 11 is 5.91. The van der Waals surface area contributed by atoms with Gasteiger partial charge < -0.3 is 14.8 Å². The number of fused-ring (bicyclic) bond motifs is 1. The van der Waals surface area contributed by atoms with E-state index in [0.717, 1.165) is 27.9 Å². The quantitative estimate of drug-likeness (QED) is 0.393. The molecule has 5 nitrogen and oxygen atoms in total. The van der Waals surface area contributed by atoms with Gasteiger partial charge in [0, 0.05) is 33.3 Å². The lowest BCUT2D eigenvalue weighted by molar-refractivity contribution is 0.102. The molecule has 0 atom stereocenters. The van der Waals surface area contributed by atoms with Crippen molar-refractivity contribution in [3.05, 3.63) is 83.4 Å². The van der Waals surface area contributed by atoms with Crippen LogP contribution in [0.3, 0.4) is 0 Å². The Morgan fingerprint density at radius 2 is 1.84 bits per heavy atom. The molecule has 156 valence electrons. The monoisotopic (exact) mass is 432 g/mol. The van der Waals surface area contributed by atoms with Gasteiger partial charge in [0.15, 0.2) is 0 Å². The third-order valence-corrected chi connectivity index (χ3v) is 5.05. The van der Waals surface area contributed by atoms with Crippen LogP contribution in [-0.2, 0) is 0 Å². The van der Waals surface area contributed by atoms with E-state index in [1.165, 1.54) is 0 Å². The molecule has 1 amide bonds. The number of hydrogen-bond acceptors (Lipinski definition) is 4. The predicted octanol–water partition coefficient (Wildman–Crippen LogP) is 6.21. The van der Waals surface area contributed by atoms with Crippen molar-refractivity contribution in [1.82, 2.24) is 4.98 Å². The zero-order valence-electron chi connectivity index (χ0n) is 17.2. The Morgan fingerprint density at radius 3 is 2.58 bits per heavy atom. The number of hydrogen-bond donors (Lipinski definition) is 1. The van der Waals surface area contributed by atoms with E-state index in [1.807, 2.05) is 43.3 Å². The summed E-state index contributed by atoms with van der Waals surface area (Å²) in [7, 11) is 1.63. The average molecular weight is 433 g/mol. The first kappa shape index (κ1) is 20.7. The number of rotatable bonds is 6. The number of nitrogens with zero attached hydrogens (tertiary/aromatic N) is 1. The molecule has 4 aromatic rings. The maximum Gasteiger partial charge on any atom is 0.255 e. The summed E-state index contributed by atoms with van der Waals surface area (Å²) in [5.74, 6) is 1.21. The van der Waals surface area contributed by atoms with E-state index in [9.17, 15) is 4.79 Å². The minimum Gasteiger partial charge on any atom is -0.497 e. The smallest absolute Gasteiger partial charge is 0.255 e. The second-order valence-electron chi connectivity index (χ2n) is 6.86. The molecule has 0 radical (unpaired) electrons. The predicted molar refractivity (Wildman–Crippen MR) is 124 cm³/mol. The number of nitrogens with one attached hydrogen (secondary N) is 1. The van der Waals surface area contributed by atoms with Crippen LogP contribution in [0.2, 0.25) is 5.02 Å². The summed E-state index contributed by atoms with van der Waals surface area (Å²) < 4.78 is 11.2. The number of methoxy groups -OCH3 is 1. The number of ether oxygens (including phenoxy) is 2. The standard InChI is InChI=1S/C25H21ClN2O3/c1-3-31-24-15-23(16-5-4-6-20(13-16)30-2)28-22-12-7-17(14-21(22)24)25(29)27-19-10-8-18(26)9-11-19/h4-15H,3H2,1-2H3,(H,27,29). The fourth-order valence-electron chi connectivity index (χ4n) is 3.28. The van der Waals surface area contributed by atoms with Crippen molar-refractivity contribution in [2.45, 2.75) is 6.92 Å². The minimum absolute atomic E-state index is 0.219. The second kappa shape index (κ2) is 9.06. The Morgan fingerprint density at radius 1 is 1.03 bits per heavy atom. The van der Waals surface area contributed by atoms with Crippen LogP contribution < -0.4 is 14.8 Å². The largest absolute Gasteiger partial charge is 0.497 e. The first-order valence-electron chi connectivity index (χ1n) is 9.86. The Balaban J connectivity index is 1.72. The summed E-state index contributed by atoms with van der Waals surface area (Å²) in [6.07, 6.45) is 0. The van der Waals surface area contributed by atoms with Gasteiger partial charge in [-0.2, -0.15) is 0 Å². The third kappa shape index (κ3) is 4.62. The number of halogens is 1. The zero-order chi connectivity index (χ0) is 21.8. The van der Waals surface area contributed by atoms with E-state index in [2.05, 4.69) is 5.32 Å². The van der Waals surface area contributed by atoms with Gasteiger partial charge >= 0.3 is 0 Å². The summed E-state index contributed by atoms with van der Waals surface area (Å²) in [6.45, 7) is 2.42. The Labute approximate surface area is 185 Å². The summed E-state index contributed by atoms with van der Waals surface area (Å²) in [5, 5.41) is 4.27. The van der Waals surface area contributed by atoms with Crippen molar-refractivity contribution >= 4 is 34.1 Å². The SMILES string of the molecule is CCOc1cc(-c2cccc(OC)c2)nc2ccc(C(=O)Nc3ccc(Cl)cc3)cc12. The summed E-state index contributed by atoms with van der Waals surface area (Å²) in [5.41, 5.74) is 3.62. The van der Waals surface area contributed by atoms with Gasteiger partial charge in [-0.1, -0.05) is 23.7 Å². The molecule has 0 bridgehead atoms. The summed E-state index contributed by atoms with van der Waals surface area (Å²) in [4.78, 5) is 17.5. The number of benzene rings is 3. The molecule has 3 aromatic carbocycles. The molecule has 0 aliphatic heterocycles. The van der Waals surface area contributed by atoms with Crippen LogP contribution >= 0.6 is 11.6 Å². The van der Waals surface area contributed by atoms with E-state index in [-0.39, 0.29) is 5.91 Å². The van der Waals surface area contributed by atoms with Gasteiger partial charge in [0.25, 0.3) is 5.91 Å². The maximum atomic E-state index is 12.8. The highest BCUT2D eigenvalue weighted by Crippen LogP contribution is 2.32. The zero-order valence-corrected chi connectivity index (χ0v) is 17.9. The number of carbonyl (C=O) groups excluding carboxylic acids is 1. The number of carbonyl (C=O) groups is 1. The Kier molecular flexibility index (Phi) is 6.05. The van der Waals surface area contributed by atoms with Crippen molar-refractivity contribution in [3.63, 3.8) is 0 Å². The average Bonchev–Trinajstić information content (AvgIpc) is 2.80. The van der Waals surface area contributed by atoms with E-state index in [1.54, 1.807) is 43.5 Å². The normalized spacial score (nSPS) is 10.7. The molecular formula is C25H21ClN2O3. The molecule has 6 heteroatoms. The Hall–Kier alpha value is -3.57. The van der Waals surface area contributed by atoms with Crippen LogP contribution in [0.15, 0.2) is 72.8 Å². The molecule has 0 saturated carbocycles. The van der Waals surface area contributed by atoms with E-state index in [0.29, 0.717) is 28.6 Å². The van der Waals surface area contributed by atoms with Crippen LogP contribution in [0, 0.1) is 0 Å². The van der Waals surface area contributed by atoms with Crippen molar-refractivity contribution in [2.24, 2.45) is 0 Å². The van der Waals surface area contributed by atoms with Crippen LogP contribution in [0.4, 0.5) is 5.69 Å². The highest BCUT2D eigenvalue weighted by atomic mass is 35.5. The molecule has 1 aromatic heterocycles. The molecule has 31 heavy (non-hydrogen) atoms. The molecule has 0 aliphatic rings. The first-order chi connectivity index (χ1) is 15.1. The fraction of sp³-hybridized carbons (Fsp3) is 0.120. The van der Waals surface area contributed by atoms with Gasteiger partial charge in [-0.3, -0.25) is 4.79 Å². The van der Waals surface area contributed by atoms with E-state index in [4.69, 9.17) is 26.1 Å². The molecule has 1 heterocycles. The number of aromatic nitrogens is 1. The molecule has 0 spiro atoms. The molecule has 4 rings (SSSR count). The molecule has 0 saturated heterocycles. The lowest BCUT2D eigenvalue weighted by atomic mass is 10.1. The molecule has 0 fully saturated rings. The van der Waals surface area contributed by atoms with Gasteiger partial charge in [0.05, 0.1) is 24.9 Å². The topological polar surface area (TPSA) is 60.5 Å². The van der Waals surface area contributed by atoms with Crippen LogP contribution in [0.1, 0.15) is 17.3 Å². The highest BCUT2D eigenvalue weighted by Gasteiger charge is 2.13. The van der Waals surface area contributed by atoms with Crippen LogP contribution in [0.25, 0.3) is 22.2 Å². The third-order valence-electron chi connectivity index (χ3n) is 4.80. The molecule has 0 aliphatic carbocycles. The molecular weight excluding hydrogens is 412 g/mol. The maximum absolute atomic E-state index is 12.8. The summed E-state index contributed by atoms with van der Waals surface area (Å²) in [6, 6.07) is 22.0. The molecule has 0 unspecified atom stereocenters. The van der Waals surface area contributed by atoms with Gasteiger partial charge in [0.2, 0.25) is 0 Å². The lowest BCUT2D eigenvalue weighted by Crippen LogP contribution is -2.11. The second-order valence-corrected chi connectivity index (χ2v) is 7.30. The van der Waals surface area contributed by atoms with Crippen molar-refractivity contribution in [2.75, 3.05) is 19.0 Å². The van der Waals surface area contributed by atoms with Gasteiger partial charge in [-0.15, -0.1) is 0 Å². The lowest BCUT2D eigenvalue weighted by Gasteiger charge is -2.12. The van der Waals surface area contributed by atoms with E-state index >= 15 is 0 Å². The highest BCUT2D eigenvalue weighted by molar-refractivity contribution is 6.30. The Bertz CT molecular complexity index is 1240. The molecule has 1 N–H and O–H groups in total. The van der Waals surface area contributed by atoms with Gasteiger partial charge in [0.1, 0.15) is 11.5 Å². The van der Waals surface area contributed by atoms with Crippen molar-refractivity contribution in [3.8, 4) is 22.8 Å². The van der Waals surface area contributed by atoms with Crippen molar-refractivity contribution < 1.29 is 14.3 Å². The van der Waals surface area contributed by atoms with E-state index < -0.39 is 0 Å². The van der Waals surface area contributed by atoms with Crippen LogP contribution in [-0.4, -0.2) is 24.6 Å². The first-order valence-corrected chi connectivity index (χ1v) is 10.2. The number of amides is 1. The number of pyridine rings is 1. The van der Waals surface area contributed by atoms with Crippen LogP contribution in [0.5, 0.6) is 11.5 Å². The minimum atomic E-state index is -0.219. The number of anilines is 1. The van der Waals surface area contributed by atoms with Gasteiger partial charge in [-0.25, -0.2) is 4.98 Å². The fourth-order valence-corrected chi connectivity index (χ4v) is 3.40. The van der Waals surface area contributed by atoms with Crippen molar-refractivity contribution in [1.29, 1.82) is 0 Å². The van der Waals surface area contributed by atoms with Gasteiger partial charge in [-0.05, 0) is 61.5 Å².